The number of fused-ring (bicyclic) bond motifs is 1. The third-order valence-corrected chi connectivity index (χ3v) is 4.94. The van der Waals surface area contributed by atoms with Crippen molar-refractivity contribution in [2.45, 2.75) is 38.9 Å². The largest absolute Gasteiger partial charge is 0.343 e. The lowest BCUT2D eigenvalue weighted by atomic mass is 10.1. The van der Waals surface area contributed by atoms with Crippen LogP contribution in [0.5, 0.6) is 0 Å². The van der Waals surface area contributed by atoms with Crippen molar-refractivity contribution in [1.82, 2.24) is 24.2 Å². The Morgan fingerprint density at radius 3 is 2.85 bits per heavy atom. The molecular formula is C20H23N5O. The molecule has 6 nitrogen and oxygen atoms in total. The Morgan fingerprint density at radius 2 is 2.00 bits per heavy atom. The maximum absolute atomic E-state index is 12.9. The number of hydrogen-bond donors (Lipinski definition) is 0. The summed E-state index contributed by atoms with van der Waals surface area (Å²) in [5, 5.41) is 8.47. The summed E-state index contributed by atoms with van der Waals surface area (Å²) in [5.74, 6) is 1.92. The van der Waals surface area contributed by atoms with Crippen molar-refractivity contribution in [3.05, 3.63) is 71.6 Å². The van der Waals surface area contributed by atoms with Crippen molar-refractivity contribution in [2.24, 2.45) is 0 Å². The predicted octanol–water partition coefficient (Wildman–Crippen LogP) is 2.54. The second-order valence-corrected chi connectivity index (χ2v) is 6.77. The number of benzene rings is 1. The van der Waals surface area contributed by atoms with Crippen molar-refractivity contribution in [2.75, 3.05) is 7.05 Å². The predicted molar refractivity (Wildman–Crippen MR) is 98.7 cm³/mol. The highest BCUT2D eigenvalue weighted by Gasteiger charge is 2.21. The summed E-state index contributed by atoms with van der Waals surface area (Å²) in [4.78, 5) is 14.6. The summed E-state index contributed by atoms with van der Waals surface area (Å²) in [6.45, 7) is 2.22. The van der Waals surface area contributed by atoms with Crippen LogP contribution < -0.4 is 0 Å². The highest BCUT2D eigenvalue weighted by Crippen LogP contribution is 2.16. The molecule has 0 unspecified atom stereocenters. The molecule has 0 spiro atoms. The SMILES string of the molecule is CN(Cc1nnc2n1CCC2)C(=O)c1cccn1CCc1ccccc1. The number of aromatic nitrogens is 4. The molecule has 0 bridgehead atoms. The number of hydrogen-bond acceptors (Lipinski definition) is 3. The Morgan fingerprint density at radius 1 is 1.15 bits per heavy atom. The zero-order chi connectivity index (χ0) is 17.9. The quantitative estimate of drug-likeness (QED) is 0.687. The fourth-order valence-electron chi connectivity index (χ4n) is 3.50. The average Bonchev–Trinajstić information content (AvgIpc) is 3.38. The van der Waals surface area contributed by atoms with Gasteiger partial charge < -0.3 is 14.0 Å². The van der Waals surface area contributed by atoms with Crippen molar-refractivity contribution < 1.29 is 4.79 Å². The first kappa shape index (κ1) is 16.6. The van der Waals surface area contributed by atoms with Crippen LogP contribution in [0.15, 0.2) is 48.7 Å². The van der Waals surface area contributed by atoms with Gasteiger partial charge in [0.2, 0.25) is 0 Å². The summed E-state index contributed by atoms with van der Waals surface area (Å²) in [7, 11) is 1.83. The van der Waals surface area contributed by atoms with E-state index in [1.807, 2.05) is 48.1 Å². The second-order valence-electron chi connectivity index (χ2n) is 6.77. The van der Waals surface area contributed by atoms with Gasteiger partial charge in [0.1, 0.15) is 11.5 Å². The van der Waals surface area contributed by atoms with Crippen LogP contribution in [-0.4, -0.2) is 37.2 Å². The van der Waals surface area contributed by atoms with E-state index >= 15 is 0 Å². The summed E-state index contributed by atoms with van der Waals surface area (Å²) in [5.41, 5.74) is 1.98. The van der Waals surface area contributed by atoms with E-state index in [0.717, 1.165) is 44.0 Å². The Hall–Kier alpha value is -2.89. The average molecular weight is 349 g/mol. The number of amides is 1. The molecule has 3 aromatic rings. The third kappa shape index (κ3) is 3.27. The number of carbonyl (C=O) groups excluding carboxylic acids is 1. The lowest BCUT2D eigenvalue weighted by Crippen LogP contribution is -2.29. The van der Waals surface area contributed by atoms with Crippen LogP contribution in [0.2, 0.25) is 0 Å². The van der Waals surface area contributed by atoms with E-state index in [-0.39, 0.29) is 5.91 Å². The van der Waals surface area contributed by atoms with Crippen molar-refractivity contribution in [1.29, 1.82) is 0 Å². The molecule has 1 aliphatic rings. The lowest BCUT2D eigenvalue weighted by molar-refractivity contribution is 0.0769. The fraction of sp³-hybridized carbons (Fsp3) is 0.350. The van der Waals surface area contributed by atoms with Crippen LogP contribution in [0.1, 0.15) is 34.1 Å². The molecular weight excluding hydrogens is 326 g/mol. The van der Waals surface area contributed by atoms with Gasteiger partial charge in [0.15, 0.2) is 5.82 Å². The summed E-state index contributed by atoms with van der Waals surface area (Å²) in [6, 6.07) is 14.2. The van der Waals surface area contributed by atoms with E-state index in [1.165, 1.54) is 5.56 Å². The minimum Gasteiger partial charge on any atom is -0.343 e. The van der Waals surface area contributed by atoms with Crippen molar-refractivity contribution in [3.8, 4) is 0 Å². The molecule has 1 amide bonds. The summed E-state index contributed by atoms with van der Waals surface area (Å²) < 4.78 is 4.16. The first-order chi connectivity index (χ1) is 12.7. The van der Waals surface area contributed by atoms with Gasteiger partial charge in [-0.15, -0.1) is 10.2 Å². The van der Waals surface area contributed by atoms with Gasteiger partial charge in [-0.1, -0.05) is 30.3 Å². The van der Waals surface area contributed by atoms with Gasteiger partial charge in [-0.25, -0.2) is 0 Å². The lowest BCUT2D eigenvalue weighted by Gasteiger charge is -2.18. The molecule has 0 saturated carbocycles. The van der Waals surface area contributed by atoms with E-state index in [0.29, 0.717) is 12.2 Å². The molecule has 0 radical (unpaired) electrons. The number of nitrogens with zero attached hydrogens (tertiary/aromatic N) is 5. The highest BCUT2D eigenvalue weighted by molar-refractivity contribution is 5.92. The van der Waals surface area contributed by atoms with Crippen LogP contribution in [0, 0.1) is 0 Å². The molecule has 0 saturated heterocycles. The molecule has 6 heteroatoms. The van der Waals surface area contributed by atoms with Gasteiger partial charge in [0, 0.05) is 32.8 Å². The normalized spacial score (nSPS) is 13.0. The molecule has 0 aliphatic carbocycles. The molecule has 3 heterocycles. The first-order valence-electron chi connectivity index (χ1n) is 9.08. The molecule has 1 aliphatic heterocycles. The maximum atomic E-state index is 12.9. The zero-order valence-electron chi connectivity index (χ0n) is 15.0. The van der Waals surface area contributed by atoms with Crippen LogP contribution in [0.25, 0.3) is 0 Å². The smallest absolute Gasteiger partial charge is 0.270 e. The van der Waals surface area contributed by atoms with Crippen LogP contribution in [0.3, 0.4) is 0 Å². The molecule has 0 atom stereocenters. The Bertz CT molecular complexity index is 896. The third-order valence-electron chi connectivity index (χ3n) is 4.94. The number of carbonyl (C=O) groups is 1. The zero-order valence-corrected chi connectivity index (χ0v) is 15.0. The van der Waals surface area contributed by atoms with Crippen LogP contribution in [0.4, 0.5) is 0 Å². The van der Waals surface area contributed by atoms with Gasteiger partial charge in [-0.05, 0) is 30.5 Å². The van der Waals surface area contributed by atoms with E-state index in [1.54, 1.807) is 4.90 Å². The number of aryl methyl sites for hydroxylation is 3. The summed E-state index contributed by atoms with van der Waals surface area (Å²) in [6.07, 6.45) is 4.96. The molecule has 1 aromatic carbocycles. The van der Waals surface area contributed by atoms with E-state index < -0.39 is 0 Å². The standard InChI is InChI=1S/C20H23N5O/c1-23(15-19-22-21-18-10-6-13-25(18)19)20(26)17-9-5-12-24(17)14-11-16-7-3-2-4-8-16/h2-5,7-9,12H,6,10-11,13-15H2,1H3. The Kier molecular flexibility index (Phi) is 4.56. The topological polar surface area (TPSA) is 56.0 Å². The monoisotopic (exact) mass is 349 g/mol. The van der Waals surface area contributed by atoms with Gasteiger partial charge in [-0.2, -0.15) is 0 Å². The second kappa shape index (κ2) is 7.15. The van der Waals surface area contributed by atoms with E-state index in [4.69, 9.17) is 0 Å². The van der Waals surface area contributed by atoms with Crippen LogP contribution in [-0.2, 0) is 32.5 Å². The van der Waals surface area contributed by atoms with Crippen molar-refractivity contribution in [3.63, 3.8) is 0 Å². The fourth-order valence-corrected chi connectivity index (χ4v) is 3.50. The highest BCUT2D eigenvalue weighted by atomic mass is 16.2. The van der Waals surface area contributed by atoms with E-state index in [9.17, 15) is 4.79 Å². The maximum Gasteiger partial charge on any atom is 0.270 e. The Balaban J connectivity index is 1.43. The first-order valence-corrected chi connectivity index (χ1v) is 9.08. The van der Waals surface area contributed by atoms with Gasteiger partial charge >= 0.3 is 0 Å². The Labute approximate surface area is 153 Å². The molecule has 4 rings (SSSR count). The molecule has 0 fully saturated rings. The number of rotatable bonds is 6. The molecule has 2 aromatic heterocycles. The van der Waals surface area contributed by atoms with Gasteiger partial charge in [0.05, 0.1) is 6.54 Å². The van der Waals surface area contributed by atoms with Gasteiger partial charge in [0.25, 0.3) is 5.91 Å². The minimum absolute atomic E-state index is 0.0124. The molecule has 134 valence electrons. The van der Waals surface area contributed by atoms with E-state index in [2.05, 4.69) is 26.9 Å². The molecule has 0 N–H and O–H groups in total. The van der Waals surface area contributed by atoms with Gasteiger partial charge in [-0.3, -0.25) is 4.79 Å². The summed E-state index contributed by atoms with van der Waals surface area (Å²) >= 11 is 0. The van der Waals surface area contributed by atoms with Crippen LogP contribution >= 0.6 is 0 Å². The molecule has 26 heavy (non-hydrogen) atoms. The van der Waals surface area contributed by atoms with Crippen molar-refractivity contribution >= 4 is 5.91 Å². The minimum atomic E-state index is 0.0124.